The molecule has 2 aromatic heterocycles. The van der Waals surface area contributed by atoms with Crippen molar-refractivity contribution in [1.82, 2.24) is 25.0 Å². The molecule has 0 amide bonds. The molecule has 1 aliphatic heterocycles. The van der Waals surface area contributed by atoms with Crippen molar-refractivity contribution in [2.45, 2.75) is 18.9 Å². The van der Waals surface area contributed by atoms with E-state index in [1.54, 1.807) is 15.6 Å². The van der Waals surface area contributed by atoms with E-state index in [9.17, 15) is 8.78 Å². The van der Waals surface area contributed by atoms with E-state index in [0.717, 1.165) is 11.1 Å². The predicted molar refractivity (Wildman–Crippen MR) is 103 cm³/mol. The van der Waals surface area contributed by atoms with Crippen LogP contribution >= 0.6 is 11.6 Å². The maximum absolute atomic E-state index is 13.8. The topological polar surface area (TPSA) is 59.7 Å². The summed E-state index contributed by atoms with van der Waals surface area (Å²) in [6.07, 6.45) is 5.44. The largest absolute Gasteiger partial charge is 0.348 e. The van der Waals surface area contributed by atoms with Crippen LogP contribution in [0.15, 0.2) is 42.5 Å². The van der Waals surface area contributed by atoms with Gasteiger partial charge in [-0.2, -0.15) is 0 Å². The molecule has 3 heterocycles. The van der Waals surface area contributed by atoms with Crippen LogP contribution in [0.2, 0.25) is 5.02 Å². The molecule has 9 heteroatoms. The normalized spacial score (nSPS) is 17.8. The Morgan fingerprint density at radius 1 is 1.18 bits per heavy atom. The smallest absolute Gasteiger partial charge is 0.266 e. The van der Waals surface area contributed by atoms with Crippen LogP contribution in [0, 0.1) is 0 Å². The molecule has 0 saturated carbocycles. The lowest BCUT2D eigenvalue weighted by atomic mass is 10.1. The highest BCUT2D eigenvalue weighted by Gasteiger charge is 2.40. The third kappa shape index (κ3) is 2.93. The summed E-state index contributed by atoms with van der Waals surface area (Å²) in [6, 6.07) is 7.45. The van der Waals surface area contributed by atoms with Crippen LogP contribution in [-0.4, -0.2) is 44.0 Å². The summed E-state index contributed by atoms with van der Waals surface area (Å²) in [4.78, 5) is 10.7. The monoisotopic (exact) mass is 400 g/mol. The molecule has 1 aromatic carbocycles. The summed E-state index contributed by atoms with van der Waals surface area (Å²) in [5, 5.41) is 9.02. The molecule has 0 unspecified atom stereocenters. The summed E-state index contributed by atoms with van der Waals surface area (Å²) in [6.45, 7) is 0.201. The van der Waals surface area contributed by atoms with Gasteiger partial charge in [0, 0.05) is 23.6 Å². The van der Waals surface area contributed by atoms with Crippen LogP contribution in [0.4, 0.5) is 14.6 Å². The van der Waals surface area contributed by atoms with E-state index in [4.69, 9.17) is 11.6 Å². The van der Waals surface area contributed by atoms with Crippen molar-refractivity contribution in [2.75, 3.05) is 18.0 Å². The van der Waals surface area contributed by atoms with E-state index in [1.807, 2.05) is 36.4 Å². The standard InChI is InChI=1S/C19H15ClF2N6/c20-14-7-2-1-4-13(14)10-28-18-15(25-26-28)17(27-9-8-19(21,22)11-27)23-16(24-18)12-5-3-6-12/h1-7H,8-11H2. The fourth-order valence-corrected chi connectivity index (χ4v) is 3.54. The number of fused-ring (bicyclic) bond motifs is 1. The molecule has 1 aliphatic carbocycles. The molecule has 0 spiro atoms. The van der Waals surface area contributed by atoms with Gasteiger partial charge in [0.1, 0.15) is 0 Å². The first-order chi connectivity index (χ1) is 13.5. The summed E-state index contributed by atoms with van der Waals surface area (Å²) in [5.74, 6) is -1.87. The van der Waals surface area contributed by atoms with Gasteiger partial charge in [0.05, 0.1) is 13.1 Å². The van der Waals surface area contributed by atoms with Gasteiger partial charge in [-0.05, 0) is 11.6 Å². The number of nitrogens with zero attached hydrogens (tertiary/aromatic N) is 6. The number of benzene rings is 1. The second kappa shape index (κ2) is 6.34. The van der Waals surface area contributed by atoms with Gasteiger partial charge in [-0.1, -0.05) is 53.2 Å². The van der Waals surface area contributed by atoms with Gasteiger partial charge >= 0.3 is 0 Å². The van der Waals surface area contributed by atoms with Crippen molar-refractivity contribution in [3.8, 4) is 0 Å². The summed E-state index contributed by atoms with van der Waals surface area (Å²) < 4.78 is 29.2. The van der Waals surface area contributed by atoms with E-state index >= 15 is 0 Å². The van der Waals surface area contributed by atoms with E-state index in [-0.39, 0.29) is 19.5 Å². The Hall–Kier alpha value is -2.87. The number of halogens is 3. The number of aromatic nitrogens is 5. The van der Waals surface area contributed by atoms with Crippen LogP contribution in [0.1, 0.15) is 17.8 Å². The maximum atomic E-state index is 13.8. The zero-order valence-electron chi connectivity index (χ0n) is 14.7. The number of anilines is 1. The third-order valence-electron chi connectivity index (χ3n) is 4.90. The first-order valence-corrected chi connectivity index (χ1v) is 9.24. The number of hydrogen-bond donors (Lipinski definition) is 0. The minimum absolute atomic E-state index is 0.204. The van der Waals surface area contributed by atoms with Gasteiger partial charge in [0.25, 0.3) is 5.92 Å². The molecule has 0 bridgehead atoms. The van der Waals surface area contributed by atoms with E-state index in [1.165, 1.54) is 0 Å². The number of hydrogen-bond acceptors (Lipinski definition) is 5. The van der Waals surface area contributed by atoms with Crippen LogP contribution in [0.5, 0.6) is 0 Å². The molecule has 142 valence electrons. The highest BCUT2D eigenvalue weighted by molar-refractivity contribution is 6.31. The first-order valence-electron chi connectivity index (χ1n) is 8.86. The zero-order chi connectivity index (χ0) is 19.3. The van der Waals surface area contributed by atoms with Gasteiger partial charge in [0.2, 0.25) is 0 Å². The Balaban J connectivity index is 1.62. The van der Waals surface area contributed by atoms with Crippen molar-refractivity contribution in [3.63, 3.8) is 0 Å². The quantitative estimate of drug-likeness (QED) is 0.668. The molecule has 2 aliphatic rings. The molecule has 3 aromatic rings. The second-order valence-corrected chi connectivity index (χ2v) is 7.30. The molecule has 5 rings (SSSR count). The van der Waals surface area contributed by atoms with Gasteiger partial charge in [-0.15, -0.1) is 5.10 Å². The Morgan fingerprint density at radius 3 is 2.68 bits per heavy atom. The van der Waals surface area contributed by atoms with Crippen molar-refractivity contribution in [3.05, 3.63) is 58.9 Å². The third-order valence-corrected chi connectivity index (χ3v) is 5.27. The average Bonchev–Trinajstić information content (AvgIpc) is 3.18. The van der Waals surface area contributed by atoms with Gasteiger partial charge in [0.15, 0.2) is 22.8 Å². The number of alkyl halides is 2. The average molecular weight is 401 g/mol. The lowest BCUT2D eigenvalue weighted by molar-refractivity contribution is 0.0257. The molecule has 0 N–H and O–H groups in total. The van der Waals surface area contributed by atoms with Crippen molar-refractivity contribution >= 4 is 34.2 Å². The lowest BCUT2D eigenvalue weighted by Crippen LogP contribution is -2.26. The SMILES string of the molecule is FC1(F)CCN(c2nc(C3=CC=C3)nc3c2nnn3Cc2ccccc2Cl)C1. The predicted octanol–water partition coefficient (Wildman–Crippen LogP) is 3.72. The highest BCUT2D eigenvalue weighted by atomic mass is 35.5. The molecule has 6 nitrogen and oxygen atoms in total. The Labute approximate surface area is 164 Å². The Kier molecular flexibility index (Phi) is 3.90. The summed E-state index contributed by atoms with van der Waals surface area (Å²) in [7, 11) is 0. The Morgan fingerprint density at radius 2 is 2.00 bits per heavy atom. The molecule has 1 saturated heterocycles. The van der Waals surface area contributed by atoms with E-state index in [0.29, 0.717) is 34.4 Å². The minimum Gasteiger partial charge on any atom is -0.348 e. The highest BCUT2D eigenvalue weighted by Crippen LogP contribution is 2.34. The van der Waals surface area contributed by atoms with Crippen LogP contribution < -0.4 is 4.90 Å². The fourth-order valence-electron chi connectivity index (χ4n) is 3.34. The second-order valence-electron chi connectivity index (χ2n) is 6.89. The molecular weight excluding hydrogens is 386 g/mol. The van der Waals surface area contributed by atoms with Crippen molar-refractivity contribution in [1.29, 1.82) is 0 Å². The molecule has 0 radical (unpaired) electrons. The van der Waals surface area contributed by atoms with Gasteiger partial charge < -0.3 is 4.90 Å². The summed E-state index contributed by atoms with van der Waals surface area (Å²) in [5.41, 5.74) is 2.63. The van der Waals surface area contributed by atoms with Crippen LogP contribution in [0.3, 0.4) is 0 Å². The zero-order valence-corrected chi connectivity index (χ0v) is 15.4. The number of rotatable bonds is 4. The molecule has 28 heavy (non-hydrogen) atoms. The molecule has 1 fully saturated rings. The molecule has 0 atom stereocenters. The maximum Gasteiger partial charge on any atom is 0.266 e. The van der Waals surface area contributed by atoms with Crippen LogP contribution in [-0.2, 0) is 6.54 Å². The Bertz CT molecular complexity index is 1140. The van der Waals surface area contributed by atoms with E-state index < -0.39 is 5.92 Å². The summed E-state index contributed by atoms with van der Waals surface area (Å²) >= 11 is 6.27. The molecular formula is C19H15ClF2N6. The van der Waals surface area contributed by atoms with Gasteiger partial charge in [-0.25, -0.2) is 23.4 Å². The van der Waals surface area contributed by atoms with Crippen molar-refractivity contribution in [2.24, 2.45) is 0 Å². The minimum atomic E-state index is -2.74. The van der Waals surface area contributed by atoms with Crippen molar-refractivity contribution < 1.29 is 8.78 Å². The van der Waals surface area contributed by atoms with Crippen LogP contribution in [0.25, 0.3) is 16.7 Å². The number of allylic oxidation sites excluding steroid dienone is 4. The van der Waals surface area contributed by atoms with E-state index in [2.05, 4.69) is 20.3 Å². The van der Waals surface area contributed by atoms with Gasteiger partial charge in [-0.3, -0.25) is 0 Å². The lowest BCUT2D eigenvalue weighted by Gasteiger charge is -2.18. The fraction of sp³-hybridized carbons (Fsp3) is 0.263. The first kappa shape index (κ1) is 17.2.